The highest BCUT2D eigenvalue weighted by molar-refractivity contribution is 7.17. The van der Waals surface area contributed by atoms with E-state index in [0.717, 1.165) is 30.4 Å². The Balaban J connectivity index is 1.69. The lowest BCUT2D eigenvalue weighted by Gasteiger charge is -2.26. The Bertz CT molecular complexity index is 990. The Hall–Kier alpha value is -2.18. The largest absolute Gasteiger partial charge is 0.352 e. The van der Waals surface area contributed by atoms with E-state index in [1.165, 1.54) is 22.2 Å². The number of carbonyl (C=O) groups is 1. The zero-order valence-corrected chi connectivity index (χ0v) is 14.9. The third kappa shape index (κ3) is 3.19. The first-order chi connectivity index (χ1) is 12.1. The zero-order valence-electron chi connectivity index (χ0n) is 13.4. The minimum atomic E-state index is -0.194. The van der Waals surface area contributed by atoms with E-state index in [9.17, 15) is 9.59 Å². The van der Waals surface area contributed by atoms with Crippen LogP contribution in [0.15, 0.2) is 40.8 Å². The number of nitrogens with zero attached hydrogens (tertiary/aromatic N) is 2. The Morgan fingerprint density at radius 3 is 2.76 bits per heavy atom. The molecule has 1 N–H and O–H groups in total. The van der Waals surface area contributed by atoms with Gasteiger partial charge in [0.2, 0.25) is 5.91 Å². The van der Waals surface area contributed by atoms with Gasteiger partial charge >= 0.3 is 0 Å². The van der Waals surface area contributed by atoms with Crippen molar-refractivity contribution in [2.45, 2.75) is 31.8 Å². The van der Waals surface area contributed by atoms with Gasteiger partial charge in [-0.15, -0.1) is 11.3 Å². The molecular weight excluding hydrogens is 358 g/mol. The molecule has 1 amide bonds. The van der Waals surface area contributed by atoms with Crippen LogP contribution < -0.4 is 10.9 Å². The van der Waals surface area contributed by atoms with Crippen LogP contribution in [0.25, 0.3) is 21.3 Å². The lowest BCUT2D eigenvalue weighted by Crippen LogP contribution is -2.42. The fourth-order valence-corrected chi connectivity index (χ4v) is 3.94. The van der Waals surface area contributed by atoms with Crippen LogP contribution >= 0.6 is 22.9 Å². The summed E-state index contributed by atoms with van der Waals surface area (Å²) in [5.41, 5.74) is 1.54. The van der Waals surface area contributed by atoms with Gasteiger partial charge < -0.3 is 5.32 Å². The molecule has 4 rings (SSSR count). The van der Waals surface area contributed by atoms with E-state index >= 15 is 0 Å². The minimum Gasteiger partial charge on any atom is -0.352 e. The van der Waals surface area contributed by atoms with Gasteiger partial charge in [0.1, 0.15) is 11.4 Å². The summed E-state index contributed by atoms with van der Waals surface area (Å²) in [6.07, 6.45) is 4.64. The average Bonchev–Trinajstić information content (AvgIpc) is 2.99. The molecule has 1 aromatic carbocycles. The summed E-state index contributed by atoms with van der Waals surface area (Å²) in [5, 5.41) is 6.06. The summed E-state index contributed by atoms with van der Waals surface area (Å²) in [6, 6.07) is 7.60. The van der Waals surface area contributed by atoms with Gasteiger partial charge in [0, 0.05) is 22.0 Å². The molecule has 1 saturated carbocycles. The number of nitrogens with one attached hydrogen (secondary N) is 1. The molecule has 0 bridgehead atoms. The lowest BCUT2D eigenvalue weighted by molar-refractivity contribution is -0.122. The minimum absolute atomic E-state index is 0.00578. The Labute approximate surface area is 153 Å². The molecule has 1 fully saturated rings. The molecule has 5 nitrogen and oxygen atoms in total. The lowest BCUT2D eigenvalue weighted by atomic mass is 9.93. The van der Waals surface area contributed by atoms with Crippen molar-refractivity contribution >= 4 is 39.1 Å². The summed E-state index contributed by atoms with van der Waals surface area (Å²) in [4.78, 5) is 30.0. The maximum absolute atomic E-state index is 12.9. The van der Waals surface area contributed by atoms with E-state index in [4.69, 9.17) is 11.6 Å². The molecule has 3 aromatic rings. The van der Waals surface area contributed by atoms with Gasteiger partial charge in [0.25, 0.3) is 5.56 Å². The zero-order chi connectivity index (χ0) is 17.4. The van der Waals surface area contributed by atoms with Crippen molar-refractivity contribution in [2.24, 2.45) is 0 Å². The molecule has 0 unspecified atom stereocenters. The van der Waals surface area contributed by atoms with E-state index in [0.29, 0.717) is 15.2 Å². The van der Waals surface area contributed by atoms with Crippen molar-refractivity contribution in [2.75, 3.05) is 0 Å². The van der Waals surface area contributed by atoms with Crippen molar-refractivity contribution in [1.29, 1.82) is 0 Å². The highest BCUT2D eigenvalue weighted by Gasteiger charge is 2.20. The van der Waals surface area contributed by atoms with Gasteiger partial charge in [-0.3, -0.25) is 14.2 Å². The normalized spacial score (nSPS) is 14.4. The molecule has 0 atom stereocenters. The van der Waals surface area contributed by atoms with Gasteiger partial charge in [-0.1, -0.05) is 23.7 Å². The van der Waals surface area contributed by atoms with E-state index < -0.39 is 0 Å². The molecule has 1 aliphatic rings. The van der Waals surface area contributed by atoms with Crippen LogP contribution in [0.1, 0.15) is 19.3 Å². The first-order valence-electron chi connectivity index (χ1n) is 8.14. The number of aromatic nitrogens is 2. The predicted octanol–water partition coefficient (Wildman–Crippen LogP) is 3.45. The highest BCUT2D eigenvalue weighted by Crippen LogP contribution is 2.31. The molecular formula is C18H16ClN3O2S. The SMILES string of the molecule is O=C(Cn1cnc2scc(-c3ccc(Cl)cc3)c2c1=O)NC1CCC1. The monoisotopic (exact) mass is 373 g/mol. The first-order valence-corrected chi connectivity index (χ1v) is 9.39. The maximum atomic E-state index is 12.9. The van der Waals surface area contributed by atoms with Crippen LogP contribution in [0.2, 0.25) is 5.02 Å². The molecule has 7 heteroatoms. The fourth-order valence-electron chi connectivity index (χ4n) is 2.90. The molecule has 2 aromatic heterocycles. The van der Waals surface area contributed by atoms with Crippen molar-refractivity contribution in [1.82, 2.24) is 14.9 Å². The van der Waals surface area contributed by atoms with E-state index in [2.05, 4.69) is 10.3 Å². The van der Waals surface area contributed by atoms with E-state index in [1.54, 1.807) is 12.1 Å². The van der Waals surface area contributed by atoms with E-state index in [-0.39, 0.29) is 24.1 Å². The van der Waals surface area contributed by atoms with Crippen LogP contribution in [0, 0.1) is 0 Å². The van der Waals surface area contributed by atoms with Crippen molar-refractivity contribution in [3.05, 3.63) is 51.3 Å². The fraction of sp³-hybridized carbons (Fsp3) is 0.278. The molecule has 1 aliphatic carbocycles. The molecule has 0 radical (unpaired) electrons. The number of amides is 1. The average molecular weight is 374 g/mol. The number of thiophene rings is 1. The second kappa shape index (κ2) is 6.61. The molecule has 25 heavy (non-hydrogen) atoms. The van der Waals surface area contributed by atoms with Gasteiger partial charge in [0.15, 0.2) is 0 Å². The smallest absolute Gasteiger partial charge is 0.263 e. The van der Waals surface area contributed by atoms with Gasteiger partial charge in [0.05, 0.1) is 11.7 Å². The standard InChI is InChI=1S/C18H16ClN3O2S/c19-12-6-4-11(5-7-12)14-9-25-17-16(14)18(24)22(10-20-17)8-15(23)21-13-2-1-3-13/h4-7,9-10,13H,1-3,8H2,(H,21,23). The number of benzene rings is 1. The quantitative estimate of drug-likeness (QED) is 0.761. The molecule has 0 aliphatic heterocycles. The summed E-state index contributed by atoms with van der Waals surface area (Å²) in [6.45, 7) is -0.00578. The van der Waals surface area contributed by atoms with Crippen LogP contribution in [0.3, 0.4) is 0 Å². The van der Waals surface area contributed by atoms with Crippen LogP contribution in [-0.2, 0) is 11.3 Å². The van der Waals surface area contributed by atoms with Crippen LogP contribution in [0.4, 0.5) is 0 Å². The van der Waals surface area contributed by atoms with Crippen LogP contribution in [0.5, 0.6) is 0 Å². The van der Waals surface area contributed by atoms with Crippen molar-refractivity contribution in [3.8, 4) is 11.1 Å². The highest BCUT2D eigenvalue weighted by atomic mass is 35.5. The molecule has 0 saturated heterocycles. The summed E-state index contributed by atoms with van der Waals surface area (Å²) < 4.78 is 1.38. The number of carbonyl (C=O) groups excluding carboxylic acids is 1. The second-order valence-corrected chi connectivity index (χ2v) is 7.50. The number of halogens is 1. The third-order valence-electron chi connectivity index (χ3n) is 4.50. The number of fused-ring (bicyclic) bond motifs is 1. The maximum Gasteiger partial charge on any atom is 0.263 e. The van der Waals surface area contributed by atoms with E-state index in [1.807, 2.05) is 17.5 Å². The van der Waals surface area contributed by atoms with Gasteiger partial charge in [-0.25, -0.2) is 4.98 Å². The number of hydrogen-bond acceptors (Lipinski definition) is 4. The number of hydrogen-bond donors (Lipinski definition) is 1. The summed E-state index contributed by atoms with van der Waals surface area (Å²) >= 11 is 7.36. The second-order valence-electron chi connectivity index (χ2n) is 6.21. The third-order valence-corrected chi connectivity index (χ3v) is 5.64. The Morgan fingerprint density at radius 2 is 2.08 bits per heavy atom. The predicted molar refractivity (Wildman–Crippen MR) is 100 cm³/mol. The van der Waals surface area contributed by atoms with Crippen molar-refractivity contribution in [3.63, 3.8) is 0 Å². The van der Waals surface area contributed by atoms with Gasteiger partial charge in [-0.2, -0.15) is 0 Å². The molecule has 128 valence electrons. The molecule has 0 spiro atoms. The number of rotatable bonds is 4. The summed E-state index contributed by atoms with van der Waals surface area (Å²) in [7, 11) is 0. The first kappa shape index (κ1) is 16.3. The topological polar surface area (TPSA) is 64.0 Å². The Kier molecular flexibility index (Phi) is 4.31. The molecule has 2 heterocycles. The Morgan fingerprint density at radius 1 is 1.32 bits per heavy atom. The van der Waals surface area contributed by atoms with Crippen molar-refractivity contribution < 1.29 is 4.79 Å². The van der Waals surface area contributed by atoms with Crippen LogP contribution in [-0.4, -0.2) is 21.5 Å². The van der Waals surface area contributed by atoms with Gasteiger partial charge in [-0.05, 0) is 37.0 Å². The summed E-state index contributed by atoms with van der Waals surface area (Å²) in [5.74, 6) is -0.142.